The van der Waals surface area contributed by atoms with Gasteiger partial charge >= 0.3 is 0 Å². The molecule has 0 bridgehead atoms. The number of thioether (sulfide) groups is 1. The molecule has 2 rings (SSSR count). The summed E-state index contributed by atoms with van der Waals surface area (Å²) in [5.41, 5.74) is 7.56. The molecule has 0 radical (unpaired) electrons. The van der Waals surface area contributed by atoms with Crippen LogP contribution in [0, 0.1) is 6.92 Å². The molecule has 2 N–H and O–H groups in total. The Morgan fingerprint density at radius 1 is 1.35 bits per heavy atom. The third-order valence-corrected chi connectivity index (χ3v) is 6.82. The molecule has 1 aliphatic heterocycles. The van der Waals surface area contributed by atoms with Gasteiger partial charge in [-0.15, -0.1) is 11.8 Å². The van der Waals surface area contributed by atoms with E-state index >= 15 is 0 Å². The number of phosphoric acid groups is 2. The Kier molecular flexibility index (Phi) is 6.86. The summed E-state index contributed by atoms with van der Waals surface area (Å²) in [4.78, 5) is 43.0. The lowest BCUT2D eigenvalue weighted by Gasteiger charge is -2.35. The number of allylic oxidation sites excluding steroid dienone is 1. The fourth-order valence-corrected chi connectivity index (χ4v) is 4.83. The molecule has 146 valence electrons. The smallest absolute Gasteiger partial charge is 0.271 e. The highest BCUT2D eigenvalue weighted by atomic mass is 32.2. The molecule has 11 nitrogen and oxygen atoms in total. The molecule has 0 aliphatic carbocycles. The molecule has 0 saturated carbocycles. The molecular formula is C12H17N4O7P2S-3. The summed E-state index contributed by atoms with van der Waals surface area (Å²) in [6.45, 7) is 3.75. The maximum Gasteiger partial charge on any atom is 0.271 e. The fraction of sp³-hybridized carbons (Fsp3) is 0.500. The number of aromatic nitrogens is 2. The number of nitrogens with zero attached hydrogens (tertiary/aromatic N) is 3. The Morgan fingerprint density at radius 2 is 2.04 bits per heavy atom. The van der Waals surface area contributed by atoms with Gasteiger partial charge in [-0.05, 0) is 13.8 Å². The zero-order valence-corrected chi connectivity index (χ0v) is 16.6. The van der Waals surface area contributed by atoms with Crippen LogP contribution in [-0.2, 0) is 24.5 Å². The monoisotopic (exact) mass is 423 g/mol. The summed E-state index contributed by atoms with van der Waals surface area (Å²) < 4.78 is 29.4. The largest absolute Gasteiger partial charge is 0.790 e. The molecule has 2 heterocycles. The first-order valence-corrected chi connectivity index (χ1v) is 11.2. The van der Waals surface area contributed by atoms with E-state index < -0.39 is 15.6 Å². The van der Waals surface area contributed by atoms with Crippen molar-refractivity contribution in [2.24, 2.45) is 0 Å². The highest BCUT2D eigenvalue weighted by molar-refractivity contribution is 8.03. The number of nitrogen functional groups attached to an aromatic ring is 1. The molecule has 1 atom stereocenters. The van der Waals surface area contributed by atoms with Crippen molar-refractivity contribution in [1.29, 1.82) is 0 Å². The van der Waals surface area contributed by atoms with Crippen molar-refractivity contribution < 1.29 is 32.6 Å². The number of aryl methyl sites for hydroxylation is 1. The van der Waals surface area contributed by atoms with Gasteiger partial charge in [0, 0.05) is 35.3 Å². The average molecular weight is 423 g/mol. The zero-order chi connectivity index (χ0) is 19.5. The molecule has 0 amide bonds. The van der Waals surface area contributed by atoms with E-state index in [2.05, 4.69) is 18.8 Å². The van der Waals surface area contributed by atoms with E-state index in [-0.39, 0.29) is 13.0 Å². The third kappa shape index (κ3) is 6.33. The van der Waals surface area contributed by atoms with Crippen LogP contribution in [0.5, 0.6) is 0 Å². The summed E-state index contributed by atoms with van der Waals surface area (Å²) in [5, 5.41) is 0. The lowest BCUT2D eigenvalue weighted by Crippen LogP contribution is -2.19. The first-order valence-electron chi connectivity index (χ1n) is 7.31. The molecule has 1 unspecified atom stereocenters. The Balaban J connectivity index is 1.92. The molecule has 0 spiro atoms. The Bertz CT molecular complexity index is 800. The first kappa shape index (κ1) is 21.3. The third-order valence-electron chi connectivity index (χ3n) is 3.43. The van der Waals surface area contributed by atoms with Crippen molar-refractivity contribution in [3.05, 3.63) is 28.2 Å². The number of anilines is 1. The van der Waals surface area contributed by atoms with E-state index in [0.29, 0.717) is 24.1 Å². The topological polar surface area (TPSA) is 177 Å². The quantitative estimate of drug-likeness (QED) is 0.547. The predicted molar refractivity (Wildman–Crippen MR) is 88.7 cm³/mol. The van der Waals surface area contributed by atoms with E-state index in [1.54, 1.807) is 13.1 Å². The van der Waals surface area contributed by atoms with Crippen LogP contribution in [-0.4, -0.2) is 27.4 Å². The Hall–Kier alpha value is -0.970. The second-order valence-electron chi connectivity index (χ2n) is 5.37. The van der Waals surface area contributed by atoms with Gasteiger partial charge in [-0.3, -0.25) is 8.88 Å². The van der Waals surface area contributed by atoms with Gasteiger partial charge in [0.15, 0.2) is 0 Å². The van der Waals surface area contributed by atoms with Crippen molar-refractivity contribution in [2.45, 2.75) is 26.8 Å². The Labute approximate surface area is 154 Å². The number of hydrogen-bond acceptors (Lipinski definition) is 12. The number of phosphoric ester groups is 1. The van der Waals surface area contributed by atoms with E-state index in [1.165, 1.54) is 11.8 Å². The molecule has 1 aromatic heterocycles. The number of hydrogen-bond donors (Lipinski definition) is 1. The second kappa shape index (κ2) is 8.37. The van der Waals surface area contributed by atoms with Crippen LogP contribution in [0.1, 0.15) is 24.7 Å². The van der Waals surface area contributed by atoms with Crippen molar-refractivity contribution in [2.75, 3.05) is 18.2 Å². The minimum Gasteiger partial charge on any atom is -0.790 e. The van der Waals surface area contributed by atoms with Gasteiger partial charge in [0.05, 0.1) is 20.3 Å². The normalized spacial score (nSPS) is 17.7. The van der Waals surface area contributed by atoms with Gasteiger partial charge in [0.1, 0.15) is 11.6 Å². The van der Waals surface area contributed by atoms with Gasteiger partial charge in [-0.2, -0.15) is 0 Å². The van der Waals surface area contributed by atoms with Crippen LogP contribution in [0.3, 0.4) is 0 Å². The summed E-state index contributed by atoms with van der Waals surface area (Å²) in [7, 11) is -10.9. The lowest BCUT2D eigenvalue weighted by molar-refractivity contribution is -0.339. The second-order valence-corrected chi connectivity index (χ2v) is 9.11. The summed E-state index contributed by atoms with van der Waals surface area (Å²) in [5.74, 6) is 1.60. The van der Waals surface area contributed by atoms with Gasteiger partial charge in [-0.25, -0.2) is 9.97 Å². The van der Waals surface area contributed by atoms with Gasteiger partial charge in [0.25, 0.3) is 7.82 Å². The van der Waals surface area contributed by atoms with Gasteiger partial charge in [-0.1, -0.05) is 0 Å². The SMILES string of the molecule is CC1=C(CCOP(=O)([O-])OP(=O)([O-])[O-])SCN1Cc1cnc(C)nc1N. The van der Waals surface area contributed by atoms with E-state index in [4.69, 9.17) is 5.73 Å². The maximum atomic E-state index is 11.2. The number of nitrogens with two attached hydrogens (primary N) is 1. The van der Waals surface area contributed by atoms with Crippen molar-refractivity contribution in [1.82, 2.24) is 14.9 Å². The zero-order valence-electron chi connectivity index (χ0n) is 14.0. The summed E-state index contributed by atoms with van der Waals surface area (Å²) in [6.07, 6.45) is 1.87. The van der Waals surface area contributed by atoms with Crippen LogP contribution >= 0.6 is 27.4 Å². The van der Waals surface area contributed by atoms with Crippen LogP contribution in [0.25, 0.3) is 0 Å². The average Bonchev–Trinajstić information content (AvgIpc) is 2.80. The van der Waals surface area contributed by atoms with Crippen LogP contribution in [0.2, 0.25) is 0 Å². The highest BCUT2D eigenvalue weighted by Crippen LogP contribution is 2.50. The van der Waals surface area contributed by atoms with Crippen LogP contribution < -0.4 is 20.4 Å². The Morgan fingerprint density at radius 3 is 2.65 bits per heavy atom. The minimum atomic E-state index is -5.67. The van der Waals surface area contributed by atoms with Crippen molar-refractivity contribution >= 4 is 33.2 Å². The highest BCUT2D eigenvalue weighted by Gasteiger charge is 2.21. The van der Waals surface area contributed by atoms with Crippen molar-refractivity contribution in [3.8, 4) is 0 Å². The van der Waals surface area contributed by atoms with Gasteiger partial charge in [0.2, 0.25) is 0 Å². The molecule has 0 aromatic carbocycles. The summed E-state index contributed by atoms with van der Waals surface area (Å²) in [6, 6.07) is 0. The molecule has 14 heteroatoms. The minimum absolute atomic E-state index is 0.213. The standard InChI is InChI=1S/C12H20N4O7P2S/c1-8-11(3-4-22-25(20,21)23-24(17,18)19)26-7-16(8)6-10-5-14-9(2)15-12(10)13/h5H,3-4,6-7H2,1-2H3,(H,20,21)(H2,13,14,15)(H2,17,18,19)/p-3. The van der Waals surface area contributed by atoms with Crippen molar-refractivity contribution in [3.63, 3.8) is 0 Å². The molecular weight excluding hydrogens is 406 g/mol. The maximum absolute atomic E-state index is 11.2. The molecule has 26 heavy (non-hydrogen) atoms. The molecule has 1 aromatic rings. The van der Waals surface area contributed by atoms with E-state index in [9.17, 15) is 23.8 Å². The van der Waals surface area contributed by atoms with E-state index in [1.807, 2.05) is 11.8 Å². The molecule has 0 fully saturated rings. The van der Waals surface area contributed by atoms with Crippen LogP contribution in [0.4, 0.5) is 5.82 Å². The van der Waals surface area contributed by atoms with Gasteiger partial charge < -0.3 is 34.4 Å². The fourth-order valence-electron chi connectivity index (χ4n) is 2.19. The summed E-state index contributed by atoms with van der Waals surface area (Å²) >= 11 is 1.48. The van der Waals surface area contributed by atoms with Crippen LogP contribution in [0.15, 0.2) is 16.8 Å². The van der Waals surface area contributed by atoms with E-state index in [0.717, 1.165) is 16.2 Å². The predicted octanol–water partition coefficient (Wildman–Crippen LogP) is -0.175. The first-order chi connectivity index (χ1) is 12.0. The number of rotatable bonds is 8. The molecule has 1 aliphatic rings. The molecule has 0 saturated heterocycles. The lowest BCUT2D eigenvalue weighted by atomic mass is 10.2.